The van der Waals surface area contributed by atoms with Crippen molar-refractivity contribution in [1.29, 1.82) is 0 Å². The van der Waals surface area contributed by atoms with E-state index in [1.54, 1.807) is 12.1 Å². The lowest BCUT2D eigenvalue weighted by atomic mass is 10.2. The summed E-state index contributed by atoms with van der Waals surface area (Å²) < 4.78 is 5.54. The zero-order valence-electron chi connectivity index (χ0n) is 9.65. The Bertz CT molecular complexity index is 538. The molecule has 0 fully saturated rings. The minimum Gasteiger partial charge on any atom is -0.507 e. The topological polar surface area (TPSA) is 62.1 Å². The van der Waals surface area contributed by atoms with Gasteiger partial charge in [0.15, 0.2) is 0 Å². The molecule has 2 rings (SSSR count). The third-order valence-electron chi connectivity index (χ3n) is 2.45. The van der Waals surface area contributed by atoms with Gasteiger partial charge in [0, 0.05) is 11.6 Å². The Morgan fingerprint density at radius 2 is 1.89 bits per heavy atom. The van der Waals surface area contributed by atoms with Crippen LogP contribution in [0.15, 0.2) is 53.7 Å². The Labute approximate surface area is 105 Å². The van der Waals surface area contributed by atoms with Gasteiger partial charge in [-0.05, 0) is 17.7 Å². The van der Waals surface area contributed by atoms with Crippen LogP contribution in [0.2, 0.25) is 0 Å². The summed E-state index contributed by atoms with van der Waals surface area (Å²) >= 11 is 0. The fourth-order valence-corrected chi connectivity index (χ4v) is 1.53. The van der Waals surface area contributed by atoms with Gasteiger partial charge in [-0.2, -0.15) is 0 Å². The number of hydrogen-bond donors (Lipinski definition) is 2. The summed E-state index contributed by atoms with van der Waals surface area (Å²) in [6.45, 7) is 0.438. The molecule has 92 valence electrons. The molecule has 0 bridgehead atoms. The predicted octanol–water partition coefficient (Wildman–Crippen LogP) is 2.78. The van der Waals surface area contributed by atoms with Crippen LogP contribution in [0.3, 0.4) is 0 Å². The van der Waals surface area contributed by atoms with Crippen molar-refractivity contribution in [1.82, 2.24) is 0 Å². The van der Waals surface area contributed by atoms with E-state index >= 15 is 0 Å². The minimum absolute atomic E-state index is 0.0124. The predicted molar refractivity (Wildman–Crippen MR) is 68.3 cm³/mol. The summed E-state index contributed by atoms with van der Waals surface area (Å²) in [6.07, 6.45) is 1.16. The average molecular weight is 243 g/mol. The number of oxime groups is 1. The number of aromatic hydroxyl groups is 1. The normalized spacial score (nSPS) is 10.7. The highest BCUT2D eigenvalue weighted by Gasteiger charge is 2.02. The molecule has 0 unspecified atom stereocenters. The molecule has 0 spiro atoms. The summed E-state index contributed by atoms with van der Waals surface area (Å²) in [5, 5.41) is 20.9. The van der Waals surface area contributed by atoms with Gasteiger partial charge in [-0.25, -0.2) is 0 Å². The first-order valence-electron chi connectivity index (χ1n) is 5.47. The molecule has 4 nitrogen and oxygen atoms in total. The van der Waals surface area contributed by atoms with Gasteiger partial charge in [0.1, 0.15) is 18.1 Å². The van der Waals surface area contributed by atoms with Crippen molar-refractivity contribution in [3.8, 4) is 11.5 Å². The van der Waals surface area contributed by atoms with E-state index in [4.69, 9.17) is 9.94 Å². The lowest BCUT2D eigenvalue weighted by Gasteiger charge is -2.07. The molecular weight excluding hydrogens is 230 g/mol. The number of rotatable bonds is 4. The van der Waals surface area contributed by atoms with Crippen molar-refractivity contribution in [2.24, 2.45) is 5.16 Å². The average Bonchev–Trinajstić information content (AvgIpc) is 2.41. The first-order valence-corrected chi connectivity index (χ1v) is 5.47. The molecule has 0 amide bonds. The molecule has 0 radical (unpaired) electrons. The molecule has 2 aromatic rings. The molecule has 0 heterocycles. The molecule has 18 heavy (non-hydrogen) atoms. The second-order valence-corrected chi connectivity index (χ2v) is 3.74. The van der Waals surface area contributed by atoms with Gasteiger partial charge in [-0.3, -0.25) is 0 Å². The highest BCUT2D eigenvalue weighted by molar-refractivity contribution is 5.83. The maximum atomic E-state index is 9.64. The third kappa shape index (κ3) is 3.01. The SMILES string of the molecule is O/N=C/c1ccc(OCc2ccccc2)cc1O. The van der Waals surface area contributed by atoms with Crippen LogP contribution < -0.4 is 4.74 Å². The van der Waals surface area contributed by atoms with Crippen LogP contribution in [0, 0.1) is 0 Å². The van der Waals surface area contributed by atoms with Gasteiger partial charge in [-0.15, -0.1) is 0 Å². The van der Waals surface area contributed by atoms with E-state index in [1.165, 1.54) is 6.07 Å². The van der Waals surface area contributed by atoms with Gasteiger partial charge in [0.25, 0.3) is 0 Å². The summed E-state index contributed by atoms with van der Waals surface area (Å²) in [5.41, 5.74) is 1.49. The molecule has 0 aliphatic rings. The maximum absolute atomic E-state index is 9.64. The number of phenolic OH excluding ortho intramolecular Hbond substituents is 1. The van der Waals surface area contributed by atoms with Crippen LogP contribution in [0.5, 0.6) is 11.5 Å². The van der Waals surface area contributed by atoms with Crippen LogP contribution in [0.1, 0.15) is 11.1 Å². The Morgan fingerprint density at radius 3 is 2.56 bits per heavy atom. The third-order valence-corrected chi connectivity index (χ3v) is 2.45. The molecule has 2 aromatic carbocycles. The van der Waals surface area contributed by atoms with Crippen LogP contribution in [0.4, 0.5) is 0 Å². The zero-order chi connectivity index (χ0) is 12.8. The number of hydrogen-bond acceptors (Lipinski definition) is 4. The lowest BCUT2D eigenvalue weighted by Crippen LogP contribution is -1.95. The largest absolute Gasteiger partial charge is 0.507 e. The molecule has 0 saturated heterocycles. The van der Waals surface area contributed by atoms with Gasteiger partial charge < -0.3 is 15.1 Å². The molecule has 0 saturated carbocycles. The smallest absolute Gasteiger partial charge is 0.128 e. The highest BCUT2D eigenvalue weighted by atomic mass is 16.5. The van der Waals surface area contributed by atoms with Crippen LogP contribution in [-0.4, -0.2) is 16.5 Å². The zero-order valence-corrected chi connectivity index (χ0v) is 9.65. The Hall–Kier alpha value is -2.49. The standard InChI is InChI=1S/C14H13NO3/c16-14-8-13(7-6-12(14)9-15-17)18-10-11-4-2-1-3-5-11/h1-9,16-17H,10H2/b15-9+. The second kappa shape index (κ2) is 5.72. The van der Waals surface area contributed by atoms with E-state index in [-0.39, 0.29) is 5.75 Å². The van der Waals surface area contributed by atoms with Crippen LogP contribution in [-0.2, 0) is 6.61 Å². The number of ether oxygens (including phenoxy) is 1. The first kappa shape index (κ1) is 12.0. The van der Waals surface area contributed by atoms with Gasteiger partial charge in [0.2, 0.25) is 0 Å². The van der Waals surface area contributed by atoms with E-state index in [9.17, 15) is 5.11 Å². The second-order valence-electron chi connectivity index (χ2n) is 3.74. The quantitative estimate of drug-likeness (QED) is 0.493. The number of benzene rings is 2. The molecule has 4 heteroatoms. The number of nitrogens with zero attached hydrogens (tertiary/aromatic N) is 1. The molecular formula is C14H13NO3. The molecule has 0 atom stereocenters. The van der Waals surface area contributed by atoms with Crippen molar-refractivity contribution in [3.05, 3.63) is 59.7 Å². The lowest BCUT2D eigenvalue weighted by molar-refractivity contribution is 0.304. The highest BCUT2D eigenvalue weighted by Crippen LogP contribution is 2.23. The number of phenols is 1. The monoisotopic (exact) mass is 243 g/mol. The van der Waals surface area contributed by atoms with E-state index in [0.717, 1.165) is 11.8 Å². The van der Waals surface area contributed by atoms with Crippen molar-refractivity contribution >= 4 is 6.21 Å². The van der Waals surface area contributed by atoms with Gasteiger partial charge >= 0.3 is 0 Å². The molecule has 0 aliphatic carbocycles. The van der Waals surface area contributed by atoms with E-state index in [0.29, 0.717) is 17.9 Å². The molecule has 2 N–H and O–H groups in total. The van der Waals surface area contributed by atoms with E-state index < -0.39 is 0 Å². The first-order chi connectivity index (χ1) is 8.79. The minimum atomic E-state index is 0.0124. The Kier molecular flexibility index (Phi) is 3.81. The van der Waals surface area contributed by atoms with Crippen molar-refractivity contribution in [2.75, 3.05) is 0 Å². The van der Waals surface area contributed by atoms with Crippen LogP contribution in [0.25, 0.3) is 0 Å². The Balaban J connectivity index is 2.04. The van der Waals surface area contributed by atoms with Gasteiger partial charge in [-0.1, -0.05) is 35.5 Å². The summed E-state index contributed by atoms with van der Waals surface area (Å²) in [6, 6.07) is 14.6. The van der Waals surface area contributed by atoms with Crippen molar-refractivity contribution in [2.45, 2.75) is 6.61 Å². The summed E-state index contributed by atoms with van der Waals surface area (Å²) in [7, 11) is 0. The Morgan fingerprint density at radius 1 is 1.11 bits per heavy atom. The molecule has 0 aliphatic heterocycles. The summed E-state index contributed by atoms with van der Waals surface area (Å²) in [4.78, 5) is 0. The van der Waals surface area contributed by atoms with Crippen LogP contribution >= 0.6 is 0 Å². The van der Waals surface area contributed by atoms with E-state index in [2.05, 4.69) is 5.16 Å². The van der Waals surface area contributed by atoms with Crippen molar-refractivity contribution in [3.63, 3.8) is 0 Å². The van der Waals surface area contributed by atoms with Crippen molar-refractivity contribution < 1.29 is 15.1 Å². The summed E-state index contributed by atoms with van der Waals surface area (Å²) in [5.74, 6) is 0.574. The fourth-order valence-electron chi connectivity index (χ4n) is 1.53. The van der Waals surface area contributed by atoms with E-state index in [1.807, 2.05) is 30.3 Å². The molecule has 0 aromatic heterocycles. The maximum Gasteiger partial charge on any atom is 0.128 e. The fraction of sp³-hybridized carbons (Fsp3) is 0.0714. The van der Waals surface area contributed by atoms with Gasteiger partial charge in [0.05, 0.1) is 6.21 Å².